The Labute approximate surface area is 143 Å². The Kier molecular flexibility index (Phi) is 5.16. The second-order valence-electron chi connectivity index (χ2n) is 3.76. The molecule has 0 saturated heterocycles. The first-order valence-electron chi connectivity index (χ1n) is 5.38. The lowest BCUT2D eigenvalue weighted by Crippen LogP contribution is -2.14. The SMILES string of the molecule is N/C(=N/O)c1ccnc(Oc2cc(Cl)c(Br)cc2Cl)c1Cl. The van der Waals surface area contributed by atoms with Gasteiger partial charge in [0, 0.05) is 22.3 Å². The molecule has 2 aromatic rings. The summed E-state index contributed by atoms with van der Waals surface area (Å²) in [5.74, 6) is 0.171. The van der Waals surface area contributed by atoms with Crippen LogP contribution in [-0.2, 0) is 0 Å². The van der Waals surface area contributed by atoms with Gasteiger partial charge in [0.1, 0.15) is 10.8 Å². The second kappa shape index (κ2) is 6.70. The Morgan fingerprint density at radius 2 is 2.00 bits per heavy atom. The van der Waals surface area contributed by atoms with Crippen LogP contribution in [0.2, 0.25) is 15.1 Å². The minimum absolute atomic E-state index is 0.0565. The summed E-state index contributed by atoms with van der Waals surface area (Å²) in [5, 5.41) is 12.4. The van der Waals surface area contributed by atoms with Crippen molar-refractivity contribution in [1.29, 1.82) is 0 Å². The van der Waals surface area contributed by atoms with Gasteiger partial charge in [0.05, 0.1) is 10.0 Å². The zero-order valence-corrected chi connectivity index (χ0v) is 14.0. The summed E-state index contributed by atoms with van der Waals surface area (Å²) in [4.78, 5) is 3.98. The van der Waals surface area contributed by atoms with Crippen LogP contribution in [0.5, 0.6) is 11.6 Å². The number of amidine groups is 1. The number of nitrogens with two attached hydrogens (primary N) is 1. The minimum atomic E-state index is -0.160. The Bertz CT molecular complexity index is 725. The highest BCUT2D eigenvalue weighted by molar-refractivity contribution is 9.10. The van der Waals surface area contributed by atoms with Crippen LogP contribution in [0.4, 0.5) is 0 Å². The van der Waals surface area contributed by atoms with Crippen molar-refractivity contribution in [2.75, 3.05) is 0 Å². The summed E-state index contributed by atoms with van der Waals surface area (Å²) >= 11 is 21.4. The van der Waals surface area contributed by atoms with E-state index in [1.807, 2.05) is 0 Å². The van der Waals surface area contributed by atoms with Gasteiger partial charge in [-0.2, -0.15) is 0 Å². The van der Waals surface area contributed by atoms with Crippen molar-refractivity contribution in [2.24, 2.45) is 10.9 Å². The summed E-state index contributed by atoms with van der Waals surface area (Å²) in [5.41, 5.74) is 5.79. The van der Waals surface area contributed by atoms with E-state index in [1.165, 1.54) is 18.3 Å². The average Bonchev–Trinajstić information content (AvgIpc) is 2.46. The fourth-order valence-electron chi connectivity index (χ4n) is 1.43. The van der Waals surface area contributed by atoms with Crippen LogP contribution in [0.1, 0.15) is 5.56 Å². The van der Waals surface area contributed by atoms with Gasteiger partial charge in [0.15, 0.2) is 5.84 Å². The normalized spacial score (nSPS) is 11.5. The zero-order chi connectivity index (χ0) is 15.6. The van der Waals surface area contributed by atoms with E-state index in [0.29, 0.717) is 14.5 Å². The molecule has 1 aromatic heterocycles. The van der Waals surface area contributed by atoms with Gasteiger partial charge < -0.3 is 15.7 Å². The molecule has 0 bridgehead atoms. The lowest BCUT2D eigenvalue weighted by Gasteiger charge is -2.11. The maximum atomic E-state index is 8.70. The summed E-state index contributed by atoms with van der Waals surface area (Å²) in [6.45, 7) is 0. The highest BCUT2D eigenvalue weighted by atomic mass is 79.9. The maximum Gasteiger partial charge on any atom is 0.238 e. The van der Waals surface area contributed by atoms with E-state index < -0.39 is 0 Å². The Morgan fingerprint density at radius 1 is 1.29 bits per heavy atom. The molecule has 1 aromatic carbocycles. The number of halogens is 4. The zero-order valence-electron chi connectivity index (χ0n) is 10.1. The van der Waals surface area contributed by atoms with Gasteiger partial charge >= 0.3 is 0 Å². The summed E-state index contributed by atoms with van der Waals surface area (Å²) < 4.78 is 6.17. The van der Waals surface area contributed by atoms with E-state index in [2.05, 4.69) is 26.1 Å². The topological polar surface area (TPSA) is 80.7 Å². The van der Waals surface area contributed by atoms with Crippen LogP contribution >= 0.6 is 50.7 Å². The molecule has 1 heterocycles. The first-order valence-corrected chi connectivity index (χ1v) is 7.31. The molecule has 3 N–H and O–H groups in total. The summed E-state index contributed by atoms with van der Waals surface area (Å²) in [7, 11) is 0. The molecule has 0 aliphatic rings. The molecule has 110 valence electrons. The van der Waals surface area contributed by atoms with E-state index in [4.69, 9.17) is 50.5 Å². The fraction of sp³-hybridized carbons (Fsp3) is 0. The molecule has 0 atom stereocenters. The molecular formula is C12H7BrCl3N3O2. The highest BCUT2D eigenvalue weighted by Gasteiger charge is 2.15. The highest BCUT2D eigenvalue weighted by Crippen LogP contribution is 2.38. The number of hydrogen-bond donors (Lipinski definition) is 2. The van der Waals surface area contributed by atoms with Crippen LogP contribution < -0.4 is 10.5 Å². The number of rotatable bonds is 3. The lowest BCUT2D eigenvalue weighted by atomic mass is 10.2. The fourth-order valence-corrected chi connectivity index (χ4v) is 2.51. The molecule has 5 nitrogen and oxygen atoms in total. The predicted octanol–water partition coefficient (Wildman–Crippen LogP) is 4.69. The smallest absolute Gasteiger partial charge is 0.238 e. The largest absolute Gasteiger partial charge is 0.436 e. The number of hydrogen-bond acceptors (Lipinski definition) is 4. The molecule has 0 saturated carbocycles. The van der Waals surface area contributed by atoms with E-state index >= 15 is 0 Å². The molecular weight excluding hydrogens is 404 g/mol. The van der Waals surface area contributed by atoms with Gasteiger partial charge in [-0.15, -0.1) is 0 Å². The number of ether oxygens (including phenoxy) is 1. The van der Waals surface area contributed by atoms with Gasteiger partial charge in [0.2, 0.25) is 5.88 Å². The first kappa shape index (κ1) is 16.2. The monoisotopic (exact) mass is 409 g/mol. The van der Waals surface area contributed by atoms with Crippen LogP contribution in [0.25, 0.3) is 0 Å². The van der Waals surface area contributed by atoms with Crippen molar-refractivity contribution in [1.82, 2.24) is 4.98 Å². The Hall–Kier alpha value is -1.21. The van der Waals surface area contributed by atoms with Crippen molar-refractivity contribution >= 4 is 56.6 Å². The van der Waals surface area contributed by atoms with Gasteiger partial charge in [0.25, 0.3) is 0 Å². The van der Waals surface area contributed by atoms with Gasteiger partial charge in [-0.05, 0) is 28.1 Å². The van der Waals surface area contributed by atoms with Crippen LogP contribution in [-0.4, -0.2) is 16.0 Å². The summed E-state index contributed by atoms with van der Waals surface area (Å²) in [6.07, 6.45) is 1.41. The summed E-state index contributed by atoms with van der Waals surface area (Å²) in [6, 6.07) is 4.59. The Morgan fingerprint density at radius 3 is 2.67 bits per heavy atom. The standard InChI is InChI=1S/C12H7BrCl3N3O2/c13-6-3-8(15)9(4-7(6)14)21-12-10(16)5(1-2-18-12)11(17)19-20/h1-4,20H,(H2,17,19). The molecule has 0 amide bonds. The van der Waals surface area contributed by atoms with Gasteiger partial charge in [-0.25, -0.2) is 4.98 Å². The van der Waals surface area contributed by atoms with E-state index in [1.54, 1.807) is 6.07 Å². The minimum Gasteiger partial charge on any atom is -0.436 e. The number of benzene rings is 1. The molecule has 0 fully saturated rings. The molecule has 0 aliphatic heterocycles. The van der Waals surface area contributed by atoms with Crippen LogP contribution in [0.15, 0.2) is 34.0 Å². The number of nitrogens with zero attached hydrogens (tertiary/aromatic N) is 2. The van der Waals surface area contributed by atoms with Gasteiger partial charge in [-0.1, -0.05) is 40.0 Å². The molecule has 21 heavy (non-hydrogen) atoms. The van der Waals surface area contributed by atoms with Crippen molar-refractivity contribution in [3.63, 3.8) is 0 Å². The van der Waals surface area contributed by atoms with E-state index in [0.717, 1.165) is 0 Å². The molecule has 2 rings (SSSR count). The number of oxime groups is 1. The predicted molar refractivity (Wildman–Crippen MR) is 86.0 cm³/mol. The van der Waals surface area contributed by atoms with Crippen molar-refractivity contribution < 1.29 is 9.94 Å². The molecule has 0 aliphatic carbocycles. The lowest BCUT2D eigenvalue weighted by molar-refractivity contribution is 0.318. The molecule has 0 radical (unpaired) electrons. The van der Waals surface area contributed by atoms with Crippen LogP contribution in [0.3, 0.4) is 0 Å². The number of aromatic nitrogens is 1. The Balaban J connectivity index is 2.43. The third-order valence-corrected chi connectivity index (χ3v) is 4.28. The second-order valence-corrected chi connectivity index (χ2v) is 5.81. The first-order chi connectivity index (χ1) is 9.93. The third kappa shape index (κ3) is 3.52. The van der Waals surface area contributed by atoms with Crippen molar-refractivity contribution in [3.8, 4) is 11.6 Å². The van der Waals surface area contributed by atoms with Crippen LogP contribution in [0, 0.1) is 0 Å². The third-order valence-electron chi connectivity index (χ3n) is 2.42. The number of pyridine rings is 1. The quantitative estimate of drug-likeness (QED) is 0.252. The maximum absolute atomic E-state index is 8.70. The average molecular weight is 411 g/mol. The van der Waals surface area contributed by atoms with E-state index in [-0.39, 0.29) is 28.1 Å². The van der Waals surface area contributed by atoms with E-state index in [9.17, 15) is 0 Å². The van der Waals surface area contributed by atoms with Crippen molar-refractivity contribution in [3.05, 3.63) is 49.5 Å². The van der Waals surface area contributed by atoms with Crippen molar-refractivity contribution in [2.45, 2.75) is 0 Å². The van der Waals surface area contributed by atoms with Gasteiger partial charge in [-0.3, -0.25) is 0 Å². The molecule has 0 spiro atoms. The molecule has 0 unspecified atom stereocenters. The molecule has 9 heteroatoms.